The van der Waals surface area contributed by atoms with Gasteiger partial charge in [0, 0.05) is 16.3 Å². The number of aryl methyl sites for hydroxylation is 1. The maximum absolute atomic E-state index is 12.2. The summed E-state index contributed by atoms with van der Waals surface area (Å²) in [5.41, 5.74) is 4.01. The van der Waals surface area contributed by atoms with E-state index >= 15 is 0 Å². The van der Waals surface area contributed by atoms with Crippen LogP contribution < -0.4 is 5.30 Å². The van der Waals surface area contributed by atoms with Crippen LogP contribution >= 0.6 is 8.58 Å². The normalized spacial score (nSPS) is 14.3. The monoisotopic (exact) mass is 412 g/mol. The van der Waals surface area contributed by atoms with Crippen LogP contribution in [0.5, 0.6) is 5.75 Å². The van der Waals surface area contributed by atoms with Crippen LogP contribution in [0.15, 0.2) is 36.4 Å². The predicted octanol–water partition coefficient (Wildman–Crippen LogP) is 7.00. The number of hydrogen-bond donors (Lipinski definition) is 1. The van der Waals surface area contributed by atoms with Gasteiger partial charge in [-0.3, -0.25) is 4.79 Å². The fraction of sp³-hybridized carbons (Fsp3) is 0.500. The number of ketones is 1. The Balaban J connectivity index is 2.61. The maximum atomic E-state index is 12.2. The Morgan fingerprint density at radius 1 is 1.07 bits per heavy atom. The predicted molar refractivity (Wildman–Crippen MR) is 127 cm³/mol. The van der Waals surface area contributed by atoms with Crippen molar-refractivity contribution in [3.8, 4) is 5.75 Å². The molecule has 0 aliphatic carbocycles. The van der Waals surface area contributed by atoms with Gasteiger partial charge in [0.2, 0.25) is 0 Å². The van der Waals surface area contributed by atoms with Crippen molar-refractivity contribution in [2.75, 3.05) is 0 Å². The molecule has 3 heteroatoms. The zero-order valence-corrected chi connectivity index (χ0v) is 20.1. The van der Waals surface area contributed by atoms with Gasteiger partial charge in [0.25, 0.3) is 0 Å². The van der Waals surface area contributed by atoms with E-state index in [4.69, 9.17) is 0 Å². The van der Waals surface area contributed by atoms with Crippen molar-refractivity contribution >= 4 is 19.7 Å². The average Bonchev–Trinajstić information content (AvgIpc) is 2.63. The molecule has 2 aromatic carbocycles. The van der Waals surface area contributed by atoms with E-state index in [1.54, 1.807) is 6.92 Å². The van der Waals surface area contributed by atoms with Crippen LogP contribution in [-0.4, -0.2) is 10.9 Å². The first-order valence-electron chi connectivity index (χ1n) is 10.7. The van der Waals surface area contributed by atoms with Gasteiger partial charge < -0.3 is 5.11 Å². The summed E-state index contributed by atoms with van der Waals surface area (Å²) >= 11 is 0. The number of phenolic OH excluding ortho intramolecular Hbond substituents is 1. The number of carbonyl (C=O) groups excluding carboxylic acids is 1. The van der Waals surface area contributed by atoms with Crippen LogP contribution in [0.4, 0.5) is 0 Å². The first kappa shape index (κ1) is 23.6. The third kappa shape index (κ3) is 5.70. The van der Waals surface area contributed by atoms with Gasteiger partial charge in [0.15, 0.2) is 5.78 Å². The van der Waals surface area contributed by atoms with Crippen molar-refractivity contribution < 1.29 is 9.90 Å². The summed E-state index contributed by atoms with van der Waals surface area (Å²) in [4.78, 5) is 12.2. The van der Waals surface area contributed by atoms with Crippen molar-refractivity contribution in [3.05, 3.63) is 58.7 Å². The second-order valence-electron chi connectivity index (χ2n) is 9.46. The molecule has 0 radical (unpaired) electrons. The third-order valence-electron chi connectivity index (χ3n) is 5.76. The smallest absolute Gasteiger partial charge is 0.160 e. The summed E-state index contributed by atoms with van der Waals surface area (Å²) in [5.74, 6) is 0.512. The molecule has 0 saturated carbocycles. The summed E-state index contributed by atoms with van der Waals surface area (Å²) in [7, 11) is 0.421. The van der Waals surface area contributed by atoms with Gasteiger partial charge >= 0.3 is 0 Å². The molecule has 2 unspecified atom stereocenters. The van der Waals surface area contributed by atoms with E-state index in [0.29, 0.717) is 14.3 Å². The van der Waals surface area contributed by atoms with E-state index in [9.17, 15) is 9.90 Å². The molecule has 158 valence electrons. The highest BCUT2D eigenvalue weighted by Crippen LogP contribution is 2.50. The van der Waals surface area contributed by atoms with Gasteiger partial charge in [-0.1, -0.05) is 98.9 Å². The highest BCUT2D eigenvalue weighted by Gasteiger charge is 2.32. The van der Waals surface area contributed by atoms with Crippen LogP contribution in [0, 0.1) is 6.92 Å². The molecule has 0 aliphatic heterocycles. The van der Waals surface area contributed by atoms with Crippen LogP contribution in [-0.2, 0) is 10.6 Å². The fourth-order valence-electron chi connectivity index (χ4n) is 3.82. The van der Waals surface area contributed by atoms with Gasteiger partial charge in [-0.25, -0.2) is 0 Å². The Kier molecular flexibility index (Phi) is 7.68. The minimum atomic E-state index is -0.211. The van der Waals surface area contributed by atoms with Crippen LogP contribution in [0.3, 0.4) is 0 Å². The Morgan fingerprint density at radius 3 is 2.31 bits per heavy atom. The summed E-state index contributed by atoms with van der Waals surface area (Å²) in [6.07, 6.45) is 4.44. The second kappa shape index (κ2) is 9.43. The Morgan fingerprint density at radius 2 is 1.72 bits per heavy atom. The molecular weight excluding hydrogens is 375 g/mol. The van der Waals surface area contributed by atoms with Crippen molar-refractivity contribution in [2.24, 2.45) is 0 Å². The van der Waals surface area contributed by atoms with Crippen molar-refractivity contribution in [2.45, 2.75) is 84.7 Å². The van der Waals surface area contributed by atoms with E-state index in [-0.39, 0.29) is 16.4 Å². The topological polar surface area (TPSA) is 37.3 Å². The summed E-state index contributed by atoms with van der Waals surface area (Å²) in [6.45, 7) is 14.7. The molecule has 0 bridgehead atoms. The molecule has 2 atom stereocenters. The van der Waals surface area contributed by atoms with Crippen molar-refractivity contribution in [3.63, 3.8) is 0 Å². The minimum Gasteiger partial charge on any atom is -0.507 e. The average molecular weight is 413 g/mol. The molecule has 1 N–H and O–H groups in total. The zero-order valence-electron chi connectivity index (χ0n) is 19.1. The molecule has 0 aliphatic rings. The van der Waals surface area contributed by atoms with E-state index in [1.807, 2.05) is 25.1 Å². The quantitative estimate of drug-likeness (QED) is 0.288. The molecule has 0 fully saturated rings. The third-order valence-corrected chi connectivity index (χ3v) is 7.53. The lowest BCUT2D eigenvalue weighted by Crippen LogP contribution is -2.23. The molecule has 2 aromatic rings. The molecule has 2 nitrogen and oxygen atoms in total. The molecule has 0 heterocycles. The molecule has 2 rings (SSSR count). The molecule has 0 aromatic heterocycles. The molecule has 0 amide bonds. The number of benzene rings is 2. The van der Waals surface area contributed by atoms with Gasteiger partial charge in [-0.05, 0) is 42.1 Å². The van der Waals surface area contributed by atoms with E-state index < -0.39 is 0 Å². The lowest BCUT2D eigenvalue weighted by molar-refractivity contribution is 0.101. The fourth-order valence-corrected chi connectivity index (χ4v) is 5.62. The molecule has 0 saturated heterocycles. The first-order chi connectivity index (χ1) is 13.5. The zero-order chi connectivity index (χ0) is 21.8. The second-order valence-corrected chi connectivity index (χ2v) is 11.3. The van der Waals surface area contributed by atoms with Gasteiger partial charge in [0.1, 0.15) is 5.75 Å². The number of Topliss-reactive ketones (excluding diaryl/α,β-unsaturated/α-hetero) is 1. The van der Waals surface area contributed by atoms with Gasteiger partial charge in [-0.15, -0.1) is 0 Å². The van der Waals surface area contributed by atoms with Crippen molar-refractivity contribution in [1.82, 2.24) is 0 Å². The summed E-state index contributed by atoms with van der Waals surface area (Å²) in [6, 6.07) is 12.3. The van der Waals surface area contributed by atoms with Gasteiger partial charge in [0.05, 0.1) is 0 Å². The Hall–Kier alpha value is -1.66. The molecular formula is C26H37O2P. The number of hydrogen-bond acceptors (Lipinski definition) is 2. The largest absolute Gasteiger partial charge is 0.507 e. The Labute approximate surface area is 178 Å². The lowest BCUT2D eigenvalue weighted by Gasteiger charge is -2.34. The lowest BCUT2D eigenvalue weighted by atomic mass is 9.82. The minimum absolute atomic E-state index is 0.0118. The molecule has 0 spiro atoms. The van der Waals surface area contributed by atoms with Crippen LogP contribution in [0.1, 0.15) is 94.3 Å². The Bertz CT molecular complexity index is 863. The SMILES string of the molecule is CCCCCC(C)(Pc1ccccc1C(C)=O)c1cc(C(C)(C)C)cc(C)c1O. The van der Waals surface area contributed by atoms with Crippen LogP contribution in [0.2, 0.25) is 0 Å². The maximum Gasteiger partial charge on any atom is 0.160 e. The number of aromatic hydroxyl groups is 1. The van der Waals surface area contributed by atoms with Crippen molar-refractivity contribution in [1.29, 1.82) is 0 Å². The summed E-state index contributed by atoms with van der Waals surface area (Å²) in [5, 5.41) is 12.0. The van der Waals surface area contributed by atoms with E-state index in [1.165, 1.54) is 12.0 Å². The highest BCUT2D eigenvalue weighted by molar-refractivity contribution is 7.48. The first-order valence-corrected chi connectivity index (χ1v) is 11.7. The van der Waals surface area contributed by atoms with E-state index in [0.717, 1.165) is 41.3 Å². The number of phenols is 1. The highest BCUT2D eigenvalue weighted by atomic mass is 31.1. The number of rotatable bonds is 8. The van der Waals surface area contributed by atoms with Crippen LogP contribution in [0.25, 0.3) is 0 Å². The van der Waals surface area contributed by atoms with E-state index in [2.05, 4.69) is 52.8 Å². The van der Waals surface area contributed by atoms with Gasteiger partial charge in [-0.2, -0.15) is 0 Å². The number of unbranched alkanes of at least 4 members (excludes halogenated alkanes) is 2. The number of carbonyl (C=O) groups is 1. The molecule has 29 heavy (non-hydrogen) atoms. The summed E-state index contributed by atoms with van der Waals surface area (Å²) < 4.78 is 0. The standard InChI is InChI=1S/C26H37O2P/c1-8-9-12-15-26(7,29-23-14-11-10-13-21(23)19(3)27)22-17-20(25(4,5)6)16-18(2)24(22)28/h10-11,13-14,16-17,28-29H,8-9,12,15H2,1-7H3.